The first-order valence-corrected chi connectivity index (χ1v) is 12.9. The smallest absolute Gasteiger partial charge is 0.243 e. The summed E-state index contributed by atoms with van der Waals surface area (Å²) in [6.07, 6.45) is 3.82. The highest BCUT2D eigenvalue weighted by Gasteiger charge is 2.50. The molecule has 2 aromatic carbocycles. The summed E-state index contributed by atoms with van der Waals surface area (Å²) in [5, 5.41) is 7.53. The van der Waals surface area contributed by atoms with Crippen LogP contribution in [0.5, 0.6) is 11.5 Å². The first-order valence-electron chi connectivity index (χ1n) is 11.5. The minimum Gasteiger partial charge on any atom is -0.496 e. The van der Waals surface area contributed by atoms with E-state index in [-0.39, 0.29) is 29.6 Å². The molecule has 0 aliphatic carbocycles. The average Bonchev–Trinajstić information content (AvgIpc) is 3.20. The second kappa shape index (κ2) is 9.90. The van der Waals surface area contributed by atoms with Gasteiger partial charge in [-0.05, 0) is 49.6 Å². The Morgan fingerprint density at radius 1 is 1.06 bits per heavy atom. The lowest BCUT2D eigenvalue weighted by atomic mass is 9.77. The van der Waals surface area contributed by atoms with Gasteiger partial charge in [0.1, 0.15) is 5.75 Å². The van der Waals surface area contributed by atoms with Crippen molar-refractivity contribution >= 4 is 33.4 Å². The maximum Gasteiger partial charge on any atom is 0.243 e. The zero-order valence-corrected chi connectivity index (χ0v) is 21.0. The van der Waals surface area contributed by atoms with Crippen LogP contribution < -0.4 is 20.1 Å². The molecule has 1 spiro atoms. The summed E-state index contributed by atoms with van der Waals surface area (Å²) in [4.78, 5) is 15.1. The van der Waals surface area contributed by atoms with Gasteiger partial charge in [-0.25, -0.2) is 12.8 Å². The number of rotatable bonds is 7. The van der Waals surface area contributed by atoms with Crippen molar-refractivity contribution in [3.05, 3.63) is 54.0 Å². The molecule has 2 aliphatic heterocycles. The van der Waals surface area contributed by atoms with Gasteiger partial charge in [-0.1, -0.05) is 0 Å². The minimum atomic E-state index is -3.90. The van der Waals surface area contributed by atoms with Crippen LogP contribution in [0.15, 0.2) is 47.5 Å². The SMILES string of the molecule is COc1ccc(S(=O)(=O)N2CCC3(CCN(c4ccc(/C(C=N)=C/N)c(OC)c4)C3=O)CC2)cc1F. The predicted molar refractivity (Wildman–Crippen MR) is 134 cm³/mol. The van der Waals surface area contributed by atoms with Gasteiger partial charge in [0.2, 0.25) is 15.9 Å². The van der Waals surface area contributed by atoms with Crippen LogP contribution in [0.4, 0.5) is 10.1 Å². The number of methoxy groups -OCH3 is 2. The van der Waals surface area contributed by atoms with Crippen molar-refractivity contribution in [3.63, 3.8) is 0 Å². The maximum absolute atomic E-state index is 14.1. The number of sulfonamides is 1. The number of allylic oxidation sites excluding steroid dienone is 1. The molecule has 0 saturated carbocycles. The average molecular weight is 517 g/mol. The molecule has 2 aliphatic rings. The molecule has 3 N–H and O–H groups in total. The number of carbonyl (C=O) groups is 1. The van der Waals surface area contributed by atoms with Crippen LogP contribution in [0.2, 0.25) is 0 Å². The van der Waals surface area contributed by atoms with Crippen LogP contribution >= 0.6 is 0 Å². The third-order valence-electron chi connectivity index (χ3n) is 7.10. The van der Waals surface area contributed by atoms with E-state index in [0.29, 0.717) is 48.4 Å². The molecule has 0 aromatic heterocycles. The number of anilines is 1. The Morgan fingerprint density at radius 2 is 1.72 bits per heavy atom. The fraction of sp³-hybridized carbons (Fsp3) is 0.360. The van der Waals surface area contributed by atoms with E-state index in [9.17, 15) is 17.6 Å². The third-order valence-corrected chi connectivity index (χ3v) is 8.99. The number of nitrogens with one attached hydrogen (secondary N) is 1. The van der Waals surface area contributed by atoms with E-state index in [1.54, 1.807) is 23.1 Å². The summed E-state index contributed by atoms with van der Waals surface area (Å²) in [6, 6.07) is 8.88. The largest absolute Gasteiger partial charge is 0.496 e. The zero-order chi connectivity index (χ0) is 26.1. The van der Waals surface area contributed by atoms with Gasteiger partial charge >= 0.3 is 0 Å². The number of nitrogens with zero attached hydrogens (tertiary/aromatic N) is 2. The molecule has 2 heterocycles. The molecule has 0 atom stereocenters. The van der Waals surface area contributed by atoms with E-state index < -0.39 is 21.3 Å². The molecule has 2 saturated heterocycles. The normalized spacial score (nSPS) is 18.5. The fourth-order valence-corrected chi connectivity index (χ4v) is 6.40. The number of amides is 1. The van der Waals surface area contributed by atoms with Crippen molar-refractivity contribution in [2.24, 2.45) is 11.1 Å². The molecular weight excluding hydrogens is 487 g/mol. The molecule has 0 bridgehead atoms. The Labute approximate surface area is 209 Å². The van der Waals surface area contributed by atoms with E-state index in [4.69, 9.17) is 20.6 Å². The Bertz CT molecular complexity index is 1320. The summed E-state index contributed by atoms with van der Waals surface area (Å²) in [5.41, 5.74) is 6.77. The molecule has 0 unspecified atom stereocenters. The van der Waals surface area contributed by atoms with E-state index in [2.05, 4.69) is 0 Å². The number of ether oxygens (including phenoxy) is 2. The number of hydrogen-bond acceptors (Lipinski definition) is 7. The number of hydrogen-bond donors (Lipinski definition) is 2. The first kappa shape index (κ1) is 25.6. The molecule has 2 aromatic rings. The van der Waals surface area contributed by atoms with Crippen LogP contribution in [0.1, 0.15) is 24.8 Å². The second-order valence-electron chi connectivity index (χ2n) is 8.84. The minimum absolute atomic E-state index is 0.0269. The lowest BCUT2D eigenvalue weighted by Gasteiger charge is -2.37. The Balaban J connectivity index is 1.51. The van der Waals surface area contributed by atoms with Crippen LogP contribution in [0.3, 0.4) is 0 Å². The molecule has 9 nitrogen and oxygen atoms in total. The Morgan fingerprint density at radius 3 is 2.31 bits per heavy atom. The van der Waals surface area contributed by atoms with Gasteiger partial charge in [0.15, 0.2) is 11.6 Å². The standard InChI is InChI=1S/C25H29FN4O5S/c1-34-22-6-4-19(14-21(22)26)36(32,33)29-10-7-25(8-11-29)9-12-30(24(25)31)18-3-5-20(17(15-27)16-28)23(13-18)35-2/h3-6,13-16,27H,7-12,28H2,1-2H3/b17-16+,27-15?. The number of halogens is 1. The lowest BCUT2D eigenvalue weighted by Crippen LogP contribution is -2.46. The van der Waals surface area contributed by atoms with Crippen molar-refractivity contribution in [2.75, 3.05) is 38.8 Å². The number of benzene rings is 2. The quantitative estimate of drug-likeness (QED) is 0.545. The van der Waals surface area contributed by atoms with Crippen LogP contribution in [-0.4, -0.2) is 58.7 Å². The molecule has 4 rings (SSSR count). The monoisotopic (exact) mass is 516 g/mol. The van der Waals surface area contributed by atoms with Crippen molar-refractivity contribution in [2.45, 2.75) is 24.2 Å². The van der Waals surface area contributed by atoms with Crippen molar-refractivity contribution in [1.29, 1.82) is 5.41 Å². The van der Waals surface area contributed by atoms with E-state index in [1.807, 2.05) is 0 Å². The Kier molecular flexibility index (Phi) is 7.05. The number of carbonyl (C=O) groups excluding carboxylic acids is 1. The molecule has 2 fully saturated rings. The van der Waals surface area contributed by atoms with Crippen molar-refractivity contribution < 1.29 is 27.1 Å². The summed E-state index contributed by atoms with van der Waals surface area (Å²) in [6.45, 7) is 0.839. The van der Waals surface area contributed by atoms with E-state index in [1.165, 1.54) is 36.9 Å². The van der Waals surface area contributed by atoms with Crippen LogP contribution in [0, 0.1) is 16.6 Å². The summed E-state index contributed by atoms with van der Waals surface area (Å²) >= 11 is 0. The molecular formula is C25H29FN4O5S. The summed E-state index contributed by atoms with van der Waals surface area (Å²) in [7, 11) is -1.08. The molecule has 36 heavy (non-hydrogen) atoms. The molecule has 192 valence electrons. The highest BCUT2D eigenvalue weighted by molar-refractivity contribution is 7.89. The van der Waals surface area contributed by atoms with E-state index in [0.717, 1.165) is 12.3 Å². The van der Waals surface area contributed by atoms with Gasteiger partial charge in [-0.2, -0.15) is 4.31 Å². The third kappa shape index (κ3) is 4.33. The number of piperidine rings is 1. The lowest BCUT2D eigenvalue weighted by molar-refractivity contribution is -0.127. The highest BCUT2D eigenvalue weighted by atomic mass is 32.2. The van der Waals surface area contributed by atoms with Crippen molar-refractivity contribution in [3.8, 4) is 11.5 Å². The molecule has 1 amide bonds. The topological polar surface area (TPSA) is 126 Å². The van der Waals surface area contributed by atoms with Crippen LogP contribution in [-0.2, 0) is 14.8 Å². The summed E-state index contributed by atoms with van der Waals surface area (Å²) in [5.74, 6) is -0.327. The van der Waals surface area contributed by atoms with Gasteiger partial charge in [0.05, 0.1) is 24.5 Å². The van der Waals surface area contributed by atoms with Crippen molar-refractivity contribution in [1.82, 2.24) is 4.31 Å². The molecule has 0 radical (unpaired) electrons. The van der Waals surface area contributed by atoms with Gasteiger partial charge < -0.3 is 25.5 Å². The predicted octanol–water partition coefficient (Wildman–Crippen LogP) is 3.00. The Hall–Kier alpha value is -3.44. The second-order valence-corrected chi connectivity index (χ2v) is 10.8. The summed E-state index contributed by atoms with van der Waals surface area (Å²) < 4.78 is 52.0. The van der Waals surface area contributed by atoms with Gasteiger partial charge in [0.25, 0.3) is 0 Å². The maximum atomic E-state index is 14.1. The van der Waals surface area contributed by atoms with Crippen LogP contribution in [0.25, 0.3) is 5.57 Å². The fourth-order valence-electron chi connectivity index (χ4n) is 4.94. The van der Waals surface area contributed by atoms with Gasteiger partial charge in [-0.3, -0.25) is 4.79 Å². The zero-order valence-electron chi connectivity index (χ0n) is 20.2. The number of nitrogens with two attached hydrogens (primary N) is 1. The van der Waals surface area contributed by atoms with E-state index >= 15 is 0 Å². The van der Waals surface area contributed by atoms with Gasteiger partial charge in [-0.15, -0.1) is 0 Å². The highest BCUT2D eigenvalue weighted by Crippen LogP contribution is 2.45. The molecule has 11 heteroatoms. The first-order chi connectivity index (χ1) is 17.2. The van der Waals surface area contributed by atoms with Gasteiger partial charge in [0, 0.05) is 54.9 Å².